The fraction of sp³-hybridized carbons (Fsp3) is 0.765. The first-order chi connectivity index (χ1) is 8.81. The van der Waals surface area contributed by atoms with E-state index in [4.69, 9.17) is 11.5 Å². The number of allylic oxidation sites excluding steroid dienone is 1. The third kappa shape index (κ3) is 13.3. The quantitative estimate of drug-likeness (QED) is 0.298. The summed E-state index contributed by atoms with van der Waals surface area (Å²) in [6.45, 7) is 2.26. The molecule has 0 unspecified atom stereocenters. The summed E-state index contributed by atoms with van der Waals surface area (Å²) in [5.74, 6) is 2.27. The molecule has 0 aromatic rings. The fourth-order valence-corrected chi connectivity index (χ4v) is 2.03. The Kier molecular flexibility index (Phi) is 13.7. The highest BCUT2D eigenvalue weighted by atomic mass is 16.3. The molecule has 0 saturated heterocycles. The van der Waals surface area contributed by atoms with Crippen LogP contribution in [0.3, 0.4) is 0 Å². The Morgan fingerprint density at radius 2 is 1.44 bits per heavy atom. The van der Waals surface area contributed by atoms with Crippen LogP contribution in [0.5, 0.6) is 0 Å². The van der Waals surface area contributed by atoms with E-state index in [0.29, 0.717) is 0 Å². The minimum atomic E-state index is -0.701. The molecule has 0 radical (unpaired) electrons. The van der Waals surface area contributed by atoms with Gasteiger partial charge in [0.15, 0.2) is 0 Å². The van der Waals surface area contributed by atoms with Crippen molar-refractivity contribution in [2.75, 3.05) is 0 Å². The largest absolute Gasteiger partial charge is 0.377 e. The zero-order chi connectivity index (χ0) is 13.5. The van der Waals surface area contributed by atoms with Crippen LogP contribution in [-0.4, -0.2) is 11.2 Å². The third-order valence-corrected chi connectivity index (χ3v) is 3.21. The molecule has 0 aliphatic heterocycles. The summed E-state index contributed by atoms with van der Waals surface area (Å²) in [7, 11) is 0. The number of hydrogen-bond acceptors (Lipinski definition) is 1. The van der Waals surface area contributed by atoms with Crippen LogP contribution < -0.4 is 0 Å². The van der Waals surface area contributed by atoms with Gasteiger partial charge < -0.3 is 5.11 Å². The molecule has 18 heavy (non-hydrogen) atoms. The third-order valence-electron chi connectivity index (χ3n) is 3.21. The van der Waals surface area contributed by atoms with Gasteiger partial charge in [0.1, 0.15) is 6.10 Å². The Hall–Kier alpha value is -0.740. The Bertz CT molecular complexity index is 224. The van der Waals surface area contributed by atoms with Crippen molar-refractivity contribution in [2.24, 2.45) is 0 Å². The predicted molar refractivity (Wildman–Crippen MR) is 80.4 cm³/mol. The molecule has 1 nitrogen and oxygen atoms in total. The molecular formula is C17H30O. The minimum absolute atomic E-state index is 0.701. The van der Waals surface area contributed by atoms with Gasteiger partial charge in [0.25, 0.3) is 0 Å². The van der Waals surface area contributed by atoms with Gasteiger partial charge in [-0.05, 0) is 18.9 Å². The molecule has 1 atom stereocenters. The molecule has 0 heterocycles. The first kappa shape index (κ1) is 17.3. The predicted octanol–water partition coefficient (Wildman–Crippen LogP) is 4.85. The molecule has 0 aliphatic rings. The summed E-state index contributed by atoms with van der Waals surface area (Å²) in [5, 5.41) is 9.10. The maximum absolute atomic E-state index is 9.10. The van der Waals surface area contributed by atoms with Crippen molar-refractivity contribution in [3.05, 3.63) is 12.2 Å². The van der Waals surface area contributed by atoms with E-state index in [1.807, 2.05) is 6.08 Å². The molecule has 1 N–H and O–H groups in total. The second kappa shape index (κ2) is 14.3. The van der Waals surface area contributed by atoms with E-state index in [1.165, 1.54) is 64.2 Å². The Labute approximate surface area is 114 Å². The molecule has 0 rings (SSSR count). The Morgan fingerprint density at radius 3 is 1.94 bits per heavy atom. The summed E-state index contributed by atoms with van der Waals surface area (Å²) in [6, 6.07) is 0. The van der Waals surface area contributed by atoms with Crippen LogP contribution in [0, 0.1) is 12.3 Å². The molecule has 104 valence electrons. The Balaban J connectivity index is 3.08. The maximum Gasteiger partial charge on any atom is 0.133 e. The van der Waals surface area contributed by atoms with Crippen LogP contribution in [0.1, 0.15) is 77.6 Å². The summed E-state index contributed by atoms with van der Waals surface area (Å²) in [6.07, 6.45) is 22.7. The van der Waals surface area contributed by atoms with Crippen molar-refractivity contribution >= 4 is 0 Å². The lowest BCUT2D eigenvalue weighted by atomic mass is 10.1. The van der Waals surface area contributed by atoms with E-state index in [-0.39, 0.29) is 0 Å². The molecule has 0 saturated carbocycles. The number of rotatable bonds is 12. The monoisotopic (exact) mass is 250 g/mol. The average molecular weight is 250 g/mol. The van der Waals surface area contributed by atoms with E-state index in [9.17, 15) is 0 Å². The minimum Gasteiger partial charge on any atom is -0.377 e. The van der Waals surface area contributed by atoms with Crippen molar-refractivity contribution in [3.63, 3.8) is 0 Å². The van der Waals surface area contributed by atoms with Crippen molar-refractivity contribution < 1.29 is 5.11 Å². The summed E-state index contributed by atoms with van der Waals surface area (Å²) in [5.41, 5.74) is 0. The van der Waals surface area contributed by atoms with Crippen molar-refractivity contribution in [1.82, 2.24) is 0 Å². The average Bonchev–Trinajstić information content (AvgIpc) is 2.39. The number of aliphatic hydroxyl groups is 1. The molecule has 0 aliphatic carbocycles. The molecule has 0 amide bonds. The maximum atomic E-state index is 9.10. The van der Waals surface area contributed by atoms with Gasteiger partial charge >= 0.3 is 0 Å². The normalized spacial score (nSPS) is 12.7. The van der Waals surface area contributed by atoms with Crippen LogP contribution in [0.15, 0.2) is 12.2 Å². The first-order valence-corrected chi connectivity index (χ1v) is 7.62. The molecular weight excluding hydrogens is 220 g/mol. The second-order valence-electron chi connectivity index (χ2n) is 5.01. The molecule has 0 fully saturated rings. The first-order valence-electron chi connectivity index (χ1n) is 7.62. The van der Waals surface area contributed by atoms with E-state index in [0.717, 1.165) is 6.42 Å². The van der Waals surface area contributed by atoms with E-state index in [2.05, 4.69) is 12.8 Å². The van der Waals surface area contributed by atoms with Crippen LogP contribution in [-0.2, 0) is 0 Å². The highest BCUT2D eigenvalue weighted by Crippen LogP contribution is 2.11. The van der Waals surface area contributed by atoms with Gasteiger partial charge in [0.2, 0.25) is 0 Å². The van der Waals surface area contributed by atoms with Gasteiger partial charge in [-0.1, -0.05) is 76.7 Å². The molecule has 0 aromatic heterocycles. The van der Waals surface area contributed by atoms with Gasteiger partial charge in [-0.15, -0.1) is 6.42 Å². The highest BCUT2D eigenvalue weighted by molar-refractivity contribution is 5.05. The Morgan fingerprint density at radius 1 is 0.944 bits per heavy atom. The van der Waals surface area contributed by atoms with Crippen LogP contribution in [0.2, 0.25) is 0 Å². The lowest BCUT2D eigenvalue weighted by Gasteiger charge is -2.01. The van der Waals surface area contributed by atoms with Gasteiger partial charge in [0, 0.05) is 0 Å². The van der Waals surface area contributed by atoms with Gasteiger partial charge in [-0.3, -0.25) is 0 Å². The lowest BCUT2D eigenvalue weighted by Crippen LogP contribution is -1.95. The van der Waals surface area contributed by atoms with E-state index in [1.54, 1.807) is 6.08 Å². The SMILES string of the molecule is C#C[C@@H](O)/C=C/CCCCCCCCCCCC. The van der Waals surface area contributed by atoms with Crippen LogP contribution in [0.25, 0.3) is 0 Å². The summed E-state index contributed by atoms with van der Waals surface area (Å²) >= 11 is 0. The van der Waals surface area contributed by atoms with Crippen LogP contribution >= 0.6 is 0 Å². The number of terminal acetylenes is 1. The van der Waals surface area contributed by atoms with E-state index < -0.39 is 6.10 Å². The zero-order valence-electron chi connectivity index (χ0n) is 12.0. The van der Waals surface area contributed by atoms with E-state index >= 15 is 0 Å². The number of hydrogen-bond donors (Lipinski definition) is 1. The van der Waals surface area contributed by atoms with Gasteiger partial charge in [-0.25, -0.2) is 0 Å². The molecule has 0 bridgehead atoms. The zero-order valence-corrected chi connectivity index (χ0v) is 12.0. The standard InChI is InChI=1S/C17H30O/c1-3-5-6-7-8-9-10-11-12-13-14-15-16-17(18)4-2/h2,15-18H,3,5-14H2,1H3/b16-15+/t17-/m1/s1. The topological polar surface area (TPSA) is 20.2 Å². The summed E-state index contributed by atoms with van der Waals surface area (Å²) in [4.78, 5) is 0. The summed E-state index contributed by atoms with van der Waals surface area (Å²) < 4.78 is 0. The van der Waals surface area contributed by atoms with Gasteiger partial charge in [-0.2, -0.15) is 0 Å². The van der Waals surface area contributed by atoms with Gasteiger partial charge in [0.05, 0.1) is 0 Å². The molecule has 1 heteroatoms. The second-order valence-corrected chi connectivity index (χ2v) is 5.01. The lowest BCUT2D eigenvalue weighted by molar-refractivity contribution is 0.280. The van der Waals surface area contributed by atoms with Crippen molar-refractivity contribution in [3.8, 4) is 12.3 Å². The van der Waals surface area contributed by atoms with Crippen molar-refractivity contribution in [1.29, 1.82) is 0 Å². The fourth-order valence-electron chi connectivity index (χ4n) is 2.03. The smallest absolute Gasteiger partial charge is 0.133 e. The number of unbranched alkanes of at least 4 members (excludes halogenated alkanes) is 10. The molecule has 0 aromatic carbocycles. The number of aliphatic hydroxyl groups excluding tert-OH is 1. The highest BCUT2D eigenvalue weighted by Gasteiger charge is 1.92. The van der Waals surface area contributed by atoms with Crippen molar-refractivity contribution in [2.45, 2.75) is 83.7 Å². The van der Waals surface area contributed by atoms with Crippen LogP contribution in [0.4, 0.5) is 0 Å². The molecule has 0 spiro atoms.